The molecule has 0 aliphatic carbocycles. The van der Waals surface area contributed by atoms with Crippen molar-refractivity contribution in [1.29, 1.82) is 0 Å². The van der Waals surface area contributed by atoms with E-state index in [1.807, 2.05) is 24.4 Å². The van der Waals surface area contributed by atoms with Gasteiger partial charge in [-0.2, -0.15) is 0 Å². The van der Waals surface area contributed by atoms with Gasteiger partial charge in [-0.1, -0.05) is 19.1 Å². The van der Waals surface area contributed by atoms with Gasteiger partial charge in [0.1, 0.15) is 17.1 Å². The predicted octanol–water partition coefficient (Wildman–Crippen LogP) is 3.23. The number of aryl methyl sites for hydroxylation is 1. The number of methoxy groups -OCH3 is 1. The number of benzene rings is 1. The molecule has 0 fully saturated rings. The van der Waals surface area contributed by atoms with Crippen molar-refractivity contribution in [3.05, 3.63) is 59.8 Å². The lowest BCUT2D eigenvalue weighted by Crippen LogP contribution is -2.18. The molecule has 0 aliphatic rings. The molecule has 0 spiro atoms. The molecule has 0 atom stereocenters. The van der Waals surface area contributed by atoms with Crippen molar-refractivity contribution in [2.45, 2.75) is 26.4 Å². The monoisotopic (exact) mass is 322 g/mol. The lowest BCUT2D eigenvalue weighted by molar-refractivity contribution is 0.315. The van der Waals surface area contributed by atoms with E-state index in [1.165, 1.54) is 5.56 Å². The summed E-state index contributed by atoms with van der Waals surface area (Å²) in [6, 6.07) is 10.1. The Balaban J connectivity index is 1.81. The zero-order valence-electron chi connectivity index (χ0n) is 14.4. The van der Waals surface area contributed by atoms with Crippen molar-refractivity contribution in [3.8, 4) is 5.75 Å². The molecule has 5 nitrogen and oxygen atoms in total. The maximum absolute atomic E-state index is 5.42. The van der Waals surface area contributed by atoms with Gasteiger partial charge in [-0.25, -0.2) is 9.97 Å². The van der Waals surface area contributed by atoms with Gasteiger partial charge in [0.05, 0.1) is 12.8 Å². The Bertz CT molecular complexity index is 834. The maximum atomic E-state index is 5.42. The fourth-order valence-corrected chi connectivity index (χ4v) is 2.83. The molecule has 5 heteroatoms. The standard InChI is InChI=1S/C19H22N4O/c1-4-18-20-11-9-15(22-18)13-23(2)12-14-7-8-17(24-3)19-16(14)6-5-10-21-19/h5-11H,4,12-13H2,1-3H3. The average molecular weight is 322 g/mol. The van der Waals surface area contributed by atoms with E-state index in [0.717, 1.165) is 47.7 Å². The van der Waals surface area contributed by atoms with E-state index < -0.39 is 0 Å². The molecule has 0 amide bonds. The summed E-state index contributed by atoms with van der Waals surface area (Å²) in [6.45, 7) is 3.67. The average Bonchev–Trinajstić information content (AvgIpc) is 2.62. The number of hydrogen-bond acceptors (Lipinski definition) is 5. The normalized spacial score (nSPS) is 11.2. The van der Waals surface area contributed by atoms with Crippen LogP contribution in [-0.4, -0.2) is 34.0 Å². The second-order valence-electron chi connectivity index (χ2n) is 5.82. The summed E-state index contributed by atoms with van der Waals surface area (Å²) in [5.41, 5.74) is 3.17. The van der Waals surface area contributed by atoms with Gasteiger partial charge in [0.15, 0.2) is 0 Å². The SMILES string of the molecule is CCc1nccc(CN(C)Cc2ccc(OC)c3ncccc23)n1. The predicted molar refractivity (Wildman–Crippen MR) is 94.9 cm³/mol. The minimum absolute atomic E-state index is 0.781. The third-order valence-electron chi connectivity index (χ3n) is 3.99. The highest BCUT2D eigenvalue weighted by Crippen LogP contribution is 2.27. The molecule has 24 heavy (non-hydrogen) atoms. The van der Waals surface area contributed by atoms with Crippen molar-refractivity contribution < 1.29 is 4.74 Å². The van der Waals surface area contributed by atoms with Crippen LogP contribution in [0.4, 0.5) is 0 Å². The molecule has 1 aromatic carbocycles. The van der Waals surface area contributed by atoms with Crippen molar-refractivity contribution in [2.24, 2.45) is 0 Å². The summed E-state index contributed by atoms with van der Waals surface area (Å²) < 4.78 is 5.42. The van der Waals surface area contributed by atoms with Crippen LogP contribution >= 0.6 is 0 Å². The van der Waals surface area contributed by atoms with E-state index in [2.05, 4.69) is 46.0 Å². The summed E-state index contributed by atoms with van der Waals surface area (Å²) >= 11 is 0. The first-order chi connectivity index (χ1) is 11.7. The lowest BCUT2D eigenvalue weighted by atomic mass is 10.1. The fraction of sp³-hybridized carbons (Fsp3) is 0.316. The molecular formula is C19H22N4O. The van der Waals surface area contributed by atoms with Gasteiger partial charge in [0, 0.05) is 37.3 Å². The number of hydrogen-bond donors (Lipinski definition) is 0. The summed E-state index contributed by atoms with van der Waals surface area (Å²) in [7, 11) is 3.77. The molecule has 3 rings (SSSR count). The van der Waals surface area contributed by atoms with Gasteiger partial charge in [-0.05, 0) is 30.8 Å². The first kappa shape index (κ1) is 16.3. The fourth-order valence-electron chi connectivity index (χ4n) is 2.83. The minimum Gasteiger partial charge on any atom is -0.494 e. The van der Waals surface area contributed by atoms with Crippen LogP contribution in [0.15, 0.2) is 42.7 Å². The first-order valence-electron chi connectivity index (χ1n) is 8.11. The molecule has 0 aliphatic heterocycles. The van der Waals surface area contributed by atoms with Crippen LogP contribution < -0.4 is 4.74 Å². The Morgan fingerprint density at radius 1 is 1.04 bits per heavy atom. The van der Waals surface area contributed by atoms with Gasteiger partial charge >= 0.3 is 0 Å². The topological polar surface area (TPSA) is 51.1 Å². The maximum Gasteiger partial charge on any atom is 0.145 e. The van der Waals surface area contributed by atoms with Crippen molar-refractivity contribution in [2.75, 3.05) is 14.2 Å². The van der Waals surface area contributed by atoms with Crippen LogP contribution in [0, 0.1) is 0 Å². The van der Waals surface area contributed by atoms with Gasteiger partial charge in [0.25, 0.3) is 0 Å². The lowest BCUT2D eigenvalue weighted by Gasteiger charge is -2.18. The number of aromatic nitrogens is 3. The zero-order valence-corrected chi connectivity index (χ0v) is 14.4. The van der Waals surface area contributed by atoms with Crippen molar-refractivity contribution >= 4 is 10.9 Å². The molecule has 0 saturated carbocycles. The molecule has 2 heterocycles. The summed E-state index contributed by atoms with van der Waals surface area (Å²) in [5, 5.41) is 1.13. The highest BCUT2D eigenvalue weighted by atomic mass is 16.5. The minimum atomic E-state index is 0.781. The zero-order chi connectivity index (χ0) is 16.9. The number of nitrogens with zero attached hydrogens (tertiary/aromatic N) is 4. The number of pyridine rings is 1. The van der Waals surface area contributed by atoms with Gasteiger partial charge < -0.3 is 4.74 Å². The first-order valence-corrected chi connectivity index (χ1v) is 8.11. The number of rotatable bonds is 6. The molecular weight excluding hydrogens is 300 g/mol. The van der Waals surface area contributed by atoms with Gasteiger partial charge in [-0.15, -0.1) is 0 Å². The van der Waals surface area contributed by atoms with E-state index in [0.29, 0.717) is 0 Å². The second-order valence-corrected chi connectivity index (χ2v) is 5.82. The van der Waals surface area contributed by atoms with Gasteiger partial charge in [-0.3, -0.25) is 9.88 Å². The third-order valence-corrected chi connectivity index (χ3v) is 3.99. The van der Waals surface area contributed by atoms with E-state index in [1.54, 1.807) is 13.3 Å². The molecule has 0 unspecified atom stereocenters. The van der Waals surface area contributed by atoms with Crippen LogP contribution in [0.2, 0.25) is 0 Å². The van der Waals surface area contributed by atoms with Crippen LogP contribution in [0.5, 0.6) is 5.75 Å². The number of ether oxygens (including phenoxy) is 1. The highest BCUT2D eigenvalue weighted by Gasteiger charge is 2.10. The molecule has 124 valence electrons. The Kier molecular flexibility index (Phi) is 5.01. The van der Waals surface area contributed by atoms with Crippen LogP contribution in [0.3, 0.4) is 0 Å². The van der Waals surface area contributed by atoms with E-state index in [9.17, 15) is 0 Å². The molecule has 0 saturated heterocycles. The van der Waals surface area contributed by atoms with Crippen molar-refractivity contribution in [3.63, 3.8) is 0 Å². The Hall–Kier alpha value is -2.53. The summed E-state index contributed by atoms with van der Waals surface area (Å²) in [4.78, 5) is 15.5. The Morgan fingerprint density at radius 2 is 1.92 bits per heavy atom. The van der Waals surface area contributed by atoms with Crippen LogP contribution in [-0.2, 0) is 19.5 Å². The molecule has 3 aromatic rings. The second kappa shape index (κ2) is 7.36. The van der Waals surface area contributed by atoms with E-state index in [4.69, 9.17) is 4.74 Å². The van der Waals surface area contributed by atoms with Crippen LogP contribution in [0.25, 0.3) is 10.9 Å². The summed E-state index contributed by atoms with van der Waals surface area (Å²) in [6.07, 6.45) is 4.49. The highest BCUT2D eigenvalue weighted by molar-refractivity contribution is 5.87. The smallest absolute Gasteiger partial charge is 0.145 e. The molecule has 0 bridgehead atoms. The summed E-state index contributed by atoms with van der Waals surface area (Å²) in [5.74, 6) is 1.69. The third kappa shape index (κ3) is 3.51. The largest absolute Gasteiger partial charge is 0.494 e. The molecule has 0 radical (unpaired) electrons. The van der Waals surface area contributed by atoms with E-state index in [-0.39, 0.29) is 0 Å². The Morgan fingerprint density at radius 3 is 2.71 bits per heavy atom. The molecule has 2 aromatic heterocycles. The Labute approximate surface area is 142 Å². The quantitative estimate of drug-likeness (QED) is 0.697. The van der Waals surface area contributed by atoms with Crippen LogP contribution in [0.1, 0.15) is 24.0 Å². The van der Waals surface area contributed by atoms with E-state index >= 15 is 0 Å². The van der Waals surface area contributed by atoms with Crippen molar-refractivity contribution in [1.82, 2.24) is 19.9 Å². The molecule has 0 N–H and O–H groups in total. The van der Waals surface area contributed by atoms with Gasteiger partial charge in [0.2, 0.25) is 0 Å². The number of fused-ring (bicyclic) bond motifs is 1.